The lowest BCUT2D eigenvalue weighted by atomic mass is 10.2. The molecule has 9 heteroatoms. The lowest BCUT2D eigenvalue weighted by Crippen LogP contribution is -2.49. The van der Waals surface area contributed by atoms with Crippen LogP contribution in [0.15, 0.2) is 12.3 Å². The first-order valence-electron chi connectivity index (χ1n) is 8.65. The van der Waals surface area contributed by atoms with E-state index in [-0.39, 0.29) is 18.1 Å². The molecule has 0 N–H and O–H groups in total. The van der Waals surface area contributed by atoms with Crippen molar-refractivity contribution in [3.05, 3.63) is 34.9 Å². The zero-order chi connectivity index (χ0) is 18.8. The number of carbonyl (C=O) groups excluding carboxylic acids is 1. The molecule has 2 aromatic heterocycles. The predicted molar refractivity (Wildman–Crippen MR) is 91.7 cm³/mol. The van der Waals surface area contributed by atoms with Gasteiger partial charge in [0.1, 0.15) is 12.2 Å². The molecule has 1 saturated heterocycles. The maximum Gasteiger partial charge on any atom is 0.282 e. The highest BCUT2D eigenvalue weighted by atomic mass is 19.3. The van der Waals surface area contributed by atoms with Gasteiger partial charge in [0.25, 0.3) is 6.43 Å². The number of aromatic nitrogens is 4. The van der Waals surface area contributed by atoms with Crippen molar-refractivity contribution in [3.8, 4) is 0 Å². The molecule has 1 amide bonds. The van der Waals surface area contributed by atoms with Gasteiger partial charge >= 0.3 is 0 Å². The number of amides is 1. The Kier molecular flexibility index (Phi) is 5.36. The molecule has 3 heterocycles. The van der Waals surface area contributed by atoms with Gasteiger partial charge in [-0.1, -0.05) is 0 Å². The summed E-state index contributed by atoms with van der Waals surface area (Å²) in [6.45, 7) is 7.30. The molecule has 0 atom stereocenters. The van der Waals surface area contributed by atoms with Crippen molar-refractivity contribution in [1.82, 2.24) is 29.4 Å². The predicted octanol–water partition coefficient (Wildman–Crippen LogP) is 1.52. The van der Waals surface area contributed by atoms with Crippen LogP contribution in [0.4, 0.5) is 8.78 Å². The van der Waals surface area contributed by atoms with Crippen LogP contribution in [0.2, 0.25) is 0 Å². The molecule has 0 bridgehead atoms. The molecular weight excluding hydrogens is 342 g/mol. The summed E-state index contributed by atoms with van der Waals surface area (Å²) in [5.74, 6) is -0.0887. The number of piperazine rings is 1. The molecular formula is C17H24F2N6O. The van der Waals surface area contributed by atoms with Crippen LogP contribution in [0.25, 0.3) is 0 Å². The fourth-order valence-electron chi connectivity index (χ4n) is 3.23. The standard InChI is InChI=1S/C17H24F2N6O/c1-12-8-15(17(18)19)21-25(12)11-16(26)24-6-4-23(5-7-24)10-14-9-22(3)20-13(14)2/h8-9,17H,4-7,10-11H2,1-3H3. The fourth-order valence-corrected chi connectivity index (χ4v) is 3.23. The Labute approximate surface area is 151 Å². The van der Waals surface area contributed by atoms with Gasteiger partial charge in [-0.3, -0.25) is 19.1 Å². The van der Waals surface area contributed by atoms with Gasteiger partial charge in [-0.15, -0.1) is 0 Å². The molecule has 2 aromatic rings. The average Bonchev–Trinajstić information content (AvgIpc) is 3.10. The van der Waals surface area contributed by atoms with Crippen LogP contribution in [0, 0.1) is 13.8 Å². The number of alkyl halides is 2. The maximum absolute atomic E-state index is 12.7. The summed E-state index contributed by atoms with van der Waals surface area (Å²) in [5.41, 5.74) is 2.50. The third kappa shape index (κ3) is 4.09. The highest BCUT2D eigenvalue weighted by Gasteiger charge is 2.23. The van der Waals surface area contributed by atoms with Crippen molar-refractivity contribution in [3.63, 3.8) is 0 Å². The van der Waals surface area contributed by atoms with Crippen LogP contribution in [-0.4, -0.2) is 61.4 Å². The number of nitrogens with zero attached hydrogens (tertiary/aromatic N) is 6. The Morgan fingerprint density at radius 3 is 2.42 bits per heavy atom. The van der Waals surface area contributed by atoms with Crippen LogP contribution >= 0.6 is 0 Å². The zero-order valence-electron chi connectivity index (χ0n) is 15.3. The van der Waals surface area contributed by atoms with E-state index >= 15 is 0 Å². The van der Waals surface area contributed by atoms with E-state index in [0.717, 1.165) is 25.3 Å². The molecule has 0 radical (unpaired) electrons. The number of rotatable bonds is 5. The van der Waals surface area contributed by atoms with E-state index in [1.165, 1.54) is 16.3 Å². The second kappa shape index (κ2) is 7.53. The summed E-state index contributed by atoms with van der Waals surface area (Å²) >= 11 is 0. The van der Waals surface area contributed by atoms with E-state index in [4.69, 9.17) is 0 Å². The van der Waals surface area contributed by atoms with Crippen molar-refractivity contribution in [2.45, 2.75) is 33.4 Å². The van der Waals surface area contributed by atoms with Gasteiger partial charge in [-0.2, -0.15) is 10.2 Å². The third-order valence-electron chi connectivity index (χ3n) is 4.74. The number of hydrogen-bond acceptors (Lipinski definition) is 4. The van der Waals surface area contributed by atoms with E-state index in [1.54, 1.807) is 11.8 Å². The fraction of sp³-hybridized carbons (Fsp3) is 0.588. The van der Waals surface area contributed by atoms with Gasteiger partial charge in [-0.25, -0.2) is 8.78 Å². The summed E-state index contributed by atoms with van der Waals surface area (Å²) in [4.78, 5) is 16.5. The Balaban J connectivity index is 1.53. The average molecular weight is 366 g/mol. The Hall–Kier alpha value is -2.29. The van der Waals surface area contributed by atoms with Crippen molar-refractivity contribution in [1.29, 1.82) is 0 Å². The molecule has 3 rings (SSSR count). The molecule has 1 fully saturated rings. The topological polar surface area (TPSA) is 59.2 Å². The molecule has 0 saturated carbocycles. The van der Waals surface area contributed by atoms with Crippen LogP contribution in [0.1, 0.15) is 29.1 Å². The first kappa shape index (κ1) is 18.5. The summed E-state index contributed by atoms with van der Waals surface area (Å²) in [6.07, 6.45) is -0.599. The van der Waals surface area contributed by atoms with Crippen molar-refractivity contribution in [2.75, 3.05) is 26.2 Å². The normalized spacial score (nSPS) is 15.8. The van der Waals surface area contributed by atoms with E-state index in [9.17, 15) is 13.6 Å². The van der Waals surface area contributed by atoms with Crippen molar-refractivity contribution in [2.24, 2.45) is 7.05 Å². The minimum Gasteiger partial charge on any atom is -0.339 e. The maximum atomic E-state index is 12.7. The molecule has 142 valence electrons. The molecule has 0 aromatic carbocycles. The molecule has 7 nitrogen and oxygen atoms in total. The summed E-state index contributed by atoms with van der Waals surface area (Å²) in [7, 11) is 1.91. The SMILES string of the molecule is Cc1nn(C)cc1CN1CCN(C(=O)Cn2nc(C(F)F)cc2C)CC1. The third-order valence-corrected chi connectivity index (χ3v) is 4.74. The lowest BCUT2D eigenvalue weighted by Gasteiger charge is -2.34. The molecule has 0 spiro atoms. The molecule has 0 unspecified atom stereocenters. The largest absolute Gasteiger partial charge is 0.339 e. The zero-order valence-corrected chi connectivity index (χ0v) is 15.3. The molecule has 0 aliphatic carbocycles. The monoisotopic (exact) mass is 366 g/mol. The van der Waals surface area contributed by atoms with Gasteiger partial charge < -0.3 is 4.90 Å². The van der Waals surface area contributed by atoms with E-state index < -0.39 is 6.43 Å². The van der Waals surface area contributed by atoms with E-state index in [2.05, 4.69) is 15.1 Å². The first-order chi connectivity index (χ1) is 12.3. The van der Waals surface area contributed by atoms with Crippen LogP contribution < -0.4 is 0 Å². The number of aryl methyl sites for hydroxylation is 3. The summed E-state index contributed by atoms with van der Waals surface area (Å²) in [5, 5.41) is 8.18. The molecule has 26 heavy (non-hydrogen) atoms. The van der Waals surface area contributed by atoms with Gasteiger partial charge in [0, 0.05) is 57.2 Å². The Bertz CT molecular complexity index is 776. The Morgan fingerprint density at radius 1 is 1.19 bits per heavy atom. The van der Waals surface area contributed by atoms with Gasteiger partial charge in [0.05, 0.1) is 5.69 Å². The van der Waals surface area contributed by atoms with E-state index in [1.807, 2.05) is 24.9 Å². The van der Waals surface area contributed by atoms with Crippen LogP contribution in [0.5, 0.6) is 0 Å². The second-order valence-electron chi connectivity index (χ2n) is 6.74. The quantitative estimate of drug-likeness (QED) is 0.805. The lowest BCUT2D eigenvalue weighted by molar-refractivity contribution is -0.133. The van der Waals surface area contributed by atoms with Gasteiger partial charge in [0.15, 0.2) is 0 Å². The van der Waals surface area contributed by atoms with Crippen molar-refractivity contribution >= 4 is 5.91 Å². The van der Waals surface area contributed by atoms with Gasteiger partial charge in [0.2, 0.25) is 5.91 Å². The Morgan fingerprint density at radius 2 is 1.88 bits per heavy atom. The van der Waals surface area contributed by atoms with Gasteiger partial charge in [-0.05, 0) is 19.9 Å². The molecule has 1 aliphatic heterocycles. The highest BCUT2D eigenvalue weighted by molar-refractivity contribution is 5.76. The van der Waals surface area contributed by atoms with Crippen LogP contribution in [-0.2, 0) is 24.9 Å². The number of carbonyl (C=O) groups is 1. The second-order valence-corrected chi connectivity index (χ2v) is 6.74. The first-order valence-corrected chi connectivity index (χ1v) is 8.65. The van der Waals surface area contributed by atoms with Crippen LogP contribution in [0.3, 0.4) is 0 Å². The molecule has 1 aliphatic rings. The highest BCUT2D eigenvalue weighted by Crippen LogP contribution is 2.18. The number of halogens is 2. The smallest absolute Gasteiger partial charge is 0.282 e. The minimum absolute atomic E-state index is 0.000265. The summed E-state index contributed by atoms with van der Waals surface area (Å²) in [6, 6.07) is 1.33. The minimum atomic E-state index is -2.62. The summed E-state index contributed by atoms with van der Waals surface area (Å²) < 4.78 is 28.6. The van der Waals surface area contributed by atoms with Crippen molar-refractivity contribution < 1.29 is 13.6 Å². The number of hydrogen-bond donors (Lipinski definition) is 0. The van der Waals surface area contributed by atoms with E-state index in [0.29, 0.717) is 18.8 Å².